The van der Waals surface area contributed by atoms with Crippen LogP contribution in [0.2, 0.25) is 0 Å². The van der Waals surface area contributed by atoms with Crippen LogP contribution in [0.1, 0.15) is 51.4 Å². The van der Waals surface area contributed by atoms with E-state index in [0.29, 0.717) is 25.9 Å². The molecule has 0 bridgehead atoms. The summed E-state index contributed by atoms with van der Waals surface area (Å²) in [5, 5.41) is 5.91. The lowest BCUT2D eigenvalue weighted by atomic mass is 9.67. The van der Waals surface area contributed by atoms with E-state index in [1.165, 1.54) is 0 Å². The fourth-order valence-corrected chi connectivity index (χ4v) is 5.63. The van der Waals surface area contributed by atoms with Crippen molar-refractivity contribution >= 4 is 24.1 Å². The summed E-state index contributed by atoms with van der Waals surface area (Å²) in [6.07, 6.45) is 8.13. The zero-order chi connectivity index (χ0) is 22.7. The van der Waals surface area contributed by atoms with Gasteiger partial charge in [0.05, 0.1) is 6.04 Å². The number of piperidine rings is 1. The smallest absolute Gasteiger partial charge is 0.410 e. The molecule has 1 spiro atoms. The van der Waals surface area contributed by atoms with Gasteiger partial charge in [0.15, 0.2) is 0 Å². The van der Waals surface area contributed by atoms with Gasteiger partial charge >= 0.3 is 6.09 Å². The molecule has 1 saturated carbocycles. The minimum absolute atomic E-state index is 0.0337. The highest BCUT2D eigenvalue weighted by Gasteiger charge is 2.52. The highest BCUT2D eigenvalue weighted by Crippen LogP contribution is 2.50. The van der Waals surface area contributed by atoms with E-state index in [0.717, 1.165) is 51.6 Å². The summed E-state index contributed by atoms with van der Waals surface area (Å²) in [6.45, 7) is 3.10. The van der Waals surface area contributed by atoms with Crippen molar-refractivity contribution in [2.75, 3.05) is 40.3 Å². The Morgan fingerprint density at radius 3 is 2.66 bits per heavy atom. The van der Waals surface area contributed by atoms with Gasteiger partial charge in [0, 0.05) is 45.4 Å². The van der Waals surface area contributed by atoms with Gasteiger partial charge in [0.2, 0.25) is 11.8 Å². The van der Waals surface area contributed by atoms with Gasteiger partial charge in [-0.25, -0.2) is 4.79 Å². The Labute approximate surface area is 190 Å². The van der Waals surface area contributed by atoms with Gasteiger partial charge in [-0.15, -0.1) is 0 Å². The Morgan fingerprint density at radius 2 is 2.06 bits per heavy atom. The quantitative estimate of drug-likeness (QED) is 0.595. The van der Waals surface area contributed by atoms with Crippen molar-refractivity contribution in [2.24, 2.45) is 16.3 Å². The molecule has 1 aliphatic carbocycles. The van der Waals surface area contributed by atoms with Crippen LogP contribution in [0.3, 0.4) is 0 Å². The fourth-order valence-electron chi connectivity index (χ4n) is 5.63. The first-order valence-electron chi connectivity index (χ1n) is 12.1. The van der Waals surface area contributed by atoms with Crippen molar-refractivity contribution < 1.29 is 19.1 Å². The van der Waals surface area contributed by atoms with Crippen LogP contribution in [0.4, 0.5) is 4.79 Å². The lowest BCUT2D eigenvalue weighted by Gasteiger charge is -2.37. The van der Waals surface area contributed by atoms with Crippen molar-refractivity contribution in [3.8, 4) is 0 Å². The third-order valence-corrected chi connectivity index (χ3v) is 7.75. The largest absolute Gasteiger partial charge is 0.446 e. The van der Waals surface area contributed by atoms with Crippen LogP contribution in [-0.4, -0.2) is 92.4 Å². The number of ether oxygens (including phenoxy) is 1. The minimum atomic E-state index is -0.528. The molecule has 0 aromatic rings. The maximum Gasteiger partial charge on any atom is 0.410 e. The first-order chi connectivity index (χ1) is 15.4. The monoisotopic (exact) mass is 447 g/mol. The Kier molecular flexibility index (Phi) is 7.02. The highest BCUT2D eigenvalue weighted by atomic mass is 16.6. The second-order valence-corrected chi connectivity index (χ2v) is 10.1. The van der Waals surface area contributed by atoms with Crippen molar-refractivity contribution in [1.29, 1.82) is 0 Å². The summed E-state index contributed by atoms with van der Waals surface area (Å²) in [5.74, 6) is -0.255. The summed E-state index contributed by atoms with van der Waals surface area (Å²) < 4.78 is 5.84. The van der Waals surface area contributed by atoms with E-state index >= 15 is 0 Å². The van der Waals surface area contributed by atoms with Crippen LogP contribution in [0.15, 0.2) is 4.99 Å². The molecule has 0 aromatic heterocycles. The van der Waals surface area contributed by atoms with E-state index in [4.69, 9.17) is 4.74 Å². The molecule has 178 valence electrons. The molecule has 4 fully saturated rings. The van der Waals surface area contributed by atoms with Crippen LogP contribution in [0.5, 0.6) is 0 Å². The third kappa shape index (κ3) is 5.08. The molecular formula is C23H37N5O4. The van der Waals surface area contributed by atoms with Crippen molar-refractivity contribution in [2.45, 2.75) is 69.6 Å². The number of amides is 3. The number of hydrogen-bond donors (Lipinski definition) is 2. The molecule has 3 heterocycles. The Balaban J connectivity index is 1.40. The highest BCUT2D eigenvalue weighted by molar-refractivity contribution is 5.89. The topological polar surface area (TPSA) is 103 Å². The number of likely N-dealkylation sites (tertiary alicyclic amines) is 2. The third-order valence-electron chi connectivity index (χ3n) is 7.75. The molecule has 32 heavy (non-hydrogen) atoms. The van der Waals surface area contributed by atoms with E-state index in [-0.39, 0.29) is 41.4 Å². The van der Waals surface area contributed by atoms with Gasteiger partial charge in [-0.1, -0.05) is 6.42 Å². The van der Waals surface area contributed by atoms with Gasteiger partial charge in [-0.2, -0.15) is 0 Å². The normalized spacial score (nSPS) is 29.2. The van der Waals surface area contributed by atoms with Crippen LogP contribution in [0.25, 0.3) is 0 Å². The van der Waals surface area contributed by atoms with Gasteiger partial charge < -0.3 is 20.3 Å². The second-order valence-electron chi connectivity index (χ2n) is 10.1. The van der Waals surface area contributed by atoms with Crippen molar-refractivity contribution in [3.63, 3.8) is 0 Å². The molecule has 0 radical (unpaired) electrons. The maximum atomic E-state index is 13.3. The summed E-state index contributed by atoms with van der Waals surface area (Å²) in [4.78, 5) is 46.4. The molecule has 4 rings (SSSR count). The van der Waals surface area contributed by atoms with E-state index in [1.807, 2.05) is 0 Å². The number of hydrogen-bond acceptors (Lipinski definition) is 6. The summed E-state index contributed by atoms with van der Waals surface area (Å²) >= 11 is 0. The predicted molar refractivity (Wildman–Crippen MR) is 120 cm³/mol. The van der Waals surface area contributed by atoms with E-state index in [2.05, 4.69) is 27.6 Å². The first-order valence-corrected chi connectivity index (χ1v) is 12.1. The van der Waals surface area contributed by atoms with Crippen LogP contribution in [0, 0.1) is 11.3 Å². The van der Waals surface area contributed by atoms with Crippen LogP contribution < -0.4 is 10.6 Å². The summed E-state index contributed by atoms with van der Waals surface area (Å²) in [7, 11) is 3.74. The second kappa shape index (κ2) is 9.77. The molecule has 2 N–H and O–H groups in total. The minimum Gasteiger partial charge on any atom is -0.446 e. The Morgan fingerprint density at radius 1 is 1.31 bits per heavy atom. The number of rotatable bonds is 6. The van der Waals surface area contributed by atoms with Gasteiger partial charge in [0.1, 0.15) is 12.1 Å². The average Bonchev–Trinajstić information content (AvgIpc) is 3.34. The zero-order valence-electron chi connectivity index (χ0n) is 19.3. The number of aliphatic imine (C=N–C) groups is 1. The molecule has 3 amide bonds. The maximum absolute atomic E-state index is 13.3. The lowest BCUT2D eigenvalue weighted by Crippen LogP contribution is -2.50. The van der Waals surface area contributed by atoms with Crippen LogP contribution in [-0.2, 0) is 14.3 Å². The molecule has 0 aromatic carbocycles. The number of carbonyl (C=O) groups is 3. The molecular weight excluding hydrogens is 410 g/mol. The molecule has 4 aliphatic rings. The predicted octanol–water partition coefficient (Wildman–Crippen LogP) is 1.17. The van der Waals surface area contributed by atoms with E-state index in [9.17, 15) is 14.4 Å². The summed E-state index contributed by atoms with van der Waals surface area (Å²) in [5.41, 5.74) is 0.0491. The number of nitrogens with one attached hydrogen (secondary N) is 2. The van der Waals surface area contributed by atoms with Crippen LogP contribution >= 0.6 is 0 Å². The van der Waals surface area contributed by atoms with E-state index < -0.39 is 6.04 Å². The van der Waals surface area contributed by atoms with Crippen molar-refractivity contribution in [3.05, 3.63) is 0 Å². The number of carbonyl (C=O) groups excluding carboxylic acids is 3. The molecule has 3 atom stereocenters. The lowest BCUT2D eigenvalue weighted by molar-refractivity contribution is -0.126. The van der Waals surface area contributed by atoms with Gasteiger partial charge in [0.25, 0.3) is 0 Å². The van der Waals surface area contributed by atoms with Gasteiger partial charge in [-0.3, -0.25) is 19.5 Å². The summed E-state index contributed by atoms with van der Waals surface area (Å²) in [6, 6.07) is -0.856. The Hall–Kier alpha value is -2.16. The first kappa shape index (κ1) is 23.0. The van der Waals surface area contributed by atoms with E-state index in [1.54, 1.807) is 18.2 Å². The zero-order valence-corrected chi connectivity index (χ0v) is 19.3. The SMILES string of the molecule is CN=C[C@H](C[C@@H]1CCNC1=O)NC(=O)[C@@H]1CC2(CCC2)CN1C(=O)OC1CCN(C)CC1. The Bertz CT molecular complexity index is 745. The molecule has 9 nitrogen and oxygen atoms in total. The molecule has 9 heteroatoms. The van der Waals surface area contributed by atoms with Crippen molar-refractivity contribution in [1.82, 2.24) is 20.4 Å². The molecule has 3 aliphatic heterocycles. The standard InChI is InChI=1S/C23H37N5O4/c1-24-14-17(12-16-4-9-25-20(16)29)26-21(30)19-13-23(7-3-8-23)15-28(19)22(31)32-18-5-10-27(2)11-6-18/h14,16-19H,3-13,15H2,1-2H3,(H,25,29)(H,26,30)/t16-,17-,19-/m0/s1. The molecule has 0 unspecified atom stereocenters. The molecule has 3 saturated heterocycles. The fraction of sp³-hybridized carbons (Fsp3) is 0.826. The number of nitrogens with zero attached hydrogens (tertiary/aromatic N) is 3. The van der Waals surface area contributed by atoms with Gasteiger partial charge in [-0.05, 0) is 57.4 Å². The average molecular weight is 448 g/mol.